The molecule has 2 aliphatic rings. The van der Waals surface area contributed by atoms with E-state index in [0.717, 1.165) is 25.8 Å². The van der Waals surface area contributed by atoms with Crippen LogP contribution in [-0.2, 0) is 4.79 Å². The van der Waals surface area contributed by atoms with Gasteiger partial charge in [0.25, 0.3) is 0 Å². The van der Waals surface area contributed by atoms with E-state index in [1.165, 1.54) is 19.0 Å². The summed E-state index contributed by atoms with van der Waals surface area (Å²) in [4.78, 5) is 22.5. The number of hydrogen-bond donors (Lipinski definition) is 1. The van der Waals surface area contributed by atoms with Gasteiger partial charge in [-0.1, -0.05) is 12.8 Å². The quantitative estimate of drug-likeness (QED) is 0.911. The van der Waals surface area contributed by atoms with Gasteiger partial charge >= 0.3 is 0 Å². The van der Waals surface area contributed by atoms with Crippen LogP contribution in [-0.4, -0.2) is 39.9 Å². The molecule has 0 bridgehead atoms. The number of hydrogen-bond acceptors (Lipinski definition) is 5. The molecule has 110 valence electrons. The van der Waals surface area contributed by atoms with Crippen LogP contribution in [0.3, 0.4) is 0 Å². The summed E-state index contributed by atoms with van der Waals surface area (Å²) in [7, 11) is 0. The highest BCUT2D eigenvalue weighted by Crippen LogP contribution is 2.28. The lowest BCUT2D eigenvalue weighted by molar-refractivity contribution is -0.134. The summed E-state index contributed by atoms with van der Waals surface area (Å²) in [5.41, 5.74) is 0.304. The molecular formula is C15H19N5O. The molecule has 1 aromatic heterocycles. The second kappa shape index (κ2) is 6.08. The summed E-state index contributed by atoms with van der Waals surface area (Å²) in [6, 6.07) is 2.18. The first-order chi connectivity index (χ1) is 10.3. The maximum atomic E-state index is 12.4. The van der Waals surface area contributed by atoms with Crippen molar-refractivity contribution in [2.75, 3.05) is 18.4 Å². The third-order valence-electron chi connectivity index (χ3n) is 4.35. The van der Waals surface area contributed by atoms with Gasteiger partial charge in [0.2, 0.25) is 5.91 Å². The van der Waals surface area contributed by atoms with Crippen molar-refractivity contribution in [3.8, 4) is 6.07 Å². The summed E-state index contributed by atoms with van der Waals surface area (Å²) in [5, 5.41) is 12.3. The van der Waals surface area contributed by atoms with Gasteiger partial charge in [0.05, 0.1) is 0 Å². The van der Waals surface area contributed by atoms with E-state index in [2.05, 4.69) is 15.3 Å². The lowest BCUT2D eigenvalue weighted by Gasteiger charge is -2.20. The fourth-order valence-corrected chi connectivity index (χ4v) is 3.23. The summed E-state index contributed by atoms with van der Waals surface area (Å²) in [6.45, 7) is 1.48. The van der Waals surface area contributed by atoms with Gasteiger partial charge in [-0.15, -0.1) is 0 Å². The Labute approximate surface area is 124 Å². The Hall–Kier alpha value is -2.16. The molecule has 1 aliphatic carbocycles. The van der Waals surface area contributed by atoms with Crippen LogP contribution in [0.5, 0.6) is 0 Å². The molecule has 1 aromatic rings. The lowest BCUT2D eigenvalue weighted by Crippen LogP contribution is -2.35. The molecule has 1 aliphatic heterocycles. The molecule has 6 nitrogen and oxygen atoms in total. The number of carbonyl (C=O) groups is 1. The average Bonchev–Trinajstić information content (AvgIpc) is 3.19. The summed E-state index contributed by atoms with van der Waals surface area (Å²) < 4.78 is 0. The van der Waals surface area contributed by atoms with Crippen LogP contribution in [0.2, 0.25) is 0 Å². The van der Waals surface area contributed by atoms with Crippen molar-refractivity contribution < 1.29 is 4.79 Å². The molecule has 2 fully saturated rings. The van der Waals surface area contributed by atoms with Crippen molar-refractivity contribution in [2.45, 2.75) is 38.1 Å². The standard InChI is InChI=1S/C15H19N5O/c16-9-13-14(18-7-6-17-13)19-12-5-8-20(10-12)15(21)11-3-1-2-4-11/h6-7,11-12H,1-5,8,10H2,(H,18,19). The smallest absolute Gasteiger partial charge is 0.225 e. The monoisotopic (exact) mass is 285 g/mol. The summed E-state index contributed by atoms with van der Waals surface area (Å²) in [6.07, 6.45) is 8.40. The Balaban J connectivity index is 1.59. The zero-order chi connectivity index (χ0) is 14.7. The highest BCUT2D eigenvalue weighted by Gasteiger charge is 2.32. The minimum Gasteiger partial charge on any atom is -0.363 e. The van der Waals surface area contributed by atoms with E-state index in [-0.39, 0.29) is 12.0 Å². The third-order valence-corrected chi connectivity index (χ3v) is 4.35. The second-order valence-corrected chi connectivity index (χ2v) is 5.76. The number of aromatic nitrogens is 2. The predicted molar refractivity (Wildman–Crippen MR) is 77.3 cm³/mol. The first kappa shape index (κ1) is 13.8. The zero-order valence-corrected chi connectivity index (χ0v) is 12.0. The molecule has 0 aromatic carbocycles. The first-order valence-electron chi connectivity index (χ1n) is 7.54. The van der Waals surface area contributed by atoms with Gasteiger partial charge in [-0.05, 0) is 19.3 Å². The molecule has 1 saturated carbocycles. The number of nitrogens with one attached hydrogen (secondary N) is 1. The molecule has 1 N–H and O–H groups in total. The maximum Gasteiger partial charge on any atom is 0.225 e. The molecule has 6 heteroatoms. The molecule has 3 rings (SSSR count). The fraction of sp³-hybridized carbons (Fsp3) is 0.600. The Morgan fingerprint density at radius 1 is 1.29 bits per heavy atom. The van der Waals surface area contributed by atoms with Gasteiger partial charge in [-0.2, -0.15) is 5.26 Å². The summed E-state index contributed by atoms with van der Waals surface area (Å²) in [5.74, 6) is 1.05. The van der Waals surface area contributed by atoms with Gasteiger partial charge in [0.1, 0.15) is 6.07 Å². The van der Waals surface area contributed by atoms with Crippen LogP contribution in [0.15, 0.2) is 12.4 Å². The third kappa shape index (κ3) is 2.97. The molecule has 1 atom stereocenters. The van der Waals surface area contributed by atoms with Crippen molar-refractivity contribution >= 4 is 11.7 Å². The van der Waals surface area contributed by atoms with E-state index in [1.807, 2.05) is 11.0 Å². The van der Waals surface area contributed by atoms with E-state index < -0.39 is 0 Å². The van der Waals surface area contributed by atoms with Crippen LogP contribution in [0, 0.1) is 17.2 Å². The SMILES string of the molecule is N#Cc1nccnc1NC1CCN(C(=O)C2CCCC2)C1. The summed E-state index contributed by atoms with van der Waals surface area (Å²) >= 11 is 0. The van der Waals surface area contributed by atoms with Crippen LogP contribution in [0.1, 0.15) is 37.8 Å². The van der Waals surface area contributed by atoms with Crippen LogP contribution in [0.25, 0.3) is 0 Å². The Kier molecular flexibility index (Phi) is 4.00. The molecule has 0 spiro atoms. The van der Waals surface area contributed by atoms with Crippen molar-refractivity contribution in [1.29, 1.82) is 5.26 Å². The van der Waals surface area contributed by atoms with Gasteiger partial charge in [0, 0.05) is 37.4 Å². The number of likely N-dealkylation sites (tertiary alicyclic amines) is 1. The second-order valence-electron chi connectivity index (χ2n) is 5.76. The minimum atomic E-state index is 0.152. The topological polar surface area (TPSA) is 81.9 Å². The number of nitrogens with zero attached hydrogens (tertiary/aromatic N) is 4. The highest BCUT2D eigenvalue weighted by molar-refractivity contribution is 5.79. The van der Waals surface area contributed by atoms with Gasteiger partial charge in [-0.25, -0.2) is 9.97 Å². The Morgan fingerprint density at radius 2 is 2.05 bits per heavy atom. The predicted octanol–water partition coefficient (Wildman–Crippen LogP) is 1.55. The molecule has 1 unspecified atom stereocenters. The lowest BCUT2D eigenvalue weighted by atomic mass is 10.1. The zero-order valence-electron chi connectivity index (χ0n) is 12.0. The first-order valence-corrected chi connectivity index (χ1v) is 7.54. The van der Waals surface area contributed by atoms with Crippen molar-refractivity contribution in [1.82, 2.24) is 14.9 Å². The Morgan fingerprint density at radius 3 is 2.81 bits per heavy atom. The Bertz CT molecular complexity index is 561. The molecule has 1 amide bonds. The maximum absolute atomic E-state index is 12.4. The largest absolute Gasteiger partial charge is 0.363 e. The van der Waals surface area contributed by atoms with Gasteiger partial charge in [0.15, 0.2) is 11.5 Å². The average molecular weight is 285 g/mol. The number of amides is 1. The highest BCUT2D eigenvalue weighted by atomic mass is 16.2. The van der Waals surface area contributed by atoms with E-state index in [0.29, 0.717) is 24.0 Å². The van der Waals surface area contributed by atoms with E-state index in [1.54, 1.807) is 6.20 Å². The molecule has 2 heterocycles. The number of nitriles is 1. The number of anilines is 1. The van der Waals surface area contributed by atoms with Crippen molar-refractivity contribution in [3.63, 3.8) is 0 Å². The van der Waals surface area contributed by atoms with Gasteiger partial charge < -0.3 is 10.2 Å². The van der Waals surface area contributed by atoms with E-state index >= 15 is 0 Å². The minimum absolute atomic E-state index is 0.152. The van der Waals surface area contributed by atoms with Crippen molar-refractivity contribution in [3.05, 3.63) is 18.1 Å². The number of carbonyl (C=O) groups excluding carboxylic acids is 1. The van der Waals surface area contributed by atoms with E-state index in [4.69, 9.17) is 5.26 Å². The molecular weight excluding hydrogens is 266 g/mol. The van der Waals surface area contributed by atoms with Gasteiger partial charge in [-0.3, -0.25) is 4.79 Å². The fourth-order valence-electron chi connectivity index (χ4n) is 3.23. The van der Waals surface area contributed by atoms with E-state index in [9.17, 15) is 4.79 Å². The van der Waals surface area contributed by atoms with Crippen LogP contribution in [0.4, 0.5) is 5.82 Å². The van der Waals surface area contributed by atoms with Crippen molar-refractivity contribution in [2.24, 2.45) is 5.92 Å². The molecule has 0 radical (unpaired) electrons. The van der Waals surface area contributed by atoms with Crippen LogP contribution >= 0.6 is 0 Å². The normalized spacial score (nSPS) is 22.2. The molecule has 1 saturated heterocycles. The van der Waals surface area contributed by atoms with Crippen LogP contribution < -0.4 is 5.32 Å². The number of rotatable bonds is 3. The molecule has 21 heavy (non-hydrogen) atoms.